The standard InChI is InChI=1S/C20H26O7/c1-4-7-25-19-12-8-16(20(2,3)24)27-13(12)9-14-17(19)18(23)11(5-6-21)15(10-22)26-14/h9,16,21-22,24H,4-8,10H2,1-3H3/t16-/m0/s1. The van der Waals surface area contributed by atoms with Crippen LogP contribution in [0, 0.1) is 0 Å². The molecule has 0 fully saturated rings. The third-order valence-corrected chi connectivity index (χ3v) is 4.78. The minimum atomic E-state index is -1.07. The summed E-state index contributed by atoms with van der Waals surface area (Å²) in [5.41, 5.74) is -0.168. The SMILES string of the molecule is CCCOc1c2c(cc3oc(CO)c(CCO)c(=O)c13)O[C@H](C(C)(C)O)C2. The van der Waals surface area contributed by atoms with Crippen molar-refractivity contribution in [3.63, 3.8) is 0 Å². The summed E-state index contributed by atoms with van der Waals surface area (Å²) >= 11 is 0. The topological polar surface area (TPSA) is 109 Å². The molecule has 1 aromatic carbocycles. The van der Waals surface area contributed by atoms with Crippen LogP contribution in [-0.4, -0.2) is 40.2 Å². The van der Waals surface area contributed by atoms with E-state index in [1.807, 2.05) is 6.92 Å². The van der Waals surface area contributed by atoms with E-state index in [9.17, 15) is 20.1 Å². The van der Waals surface area contributed by atoms with E-state index >= 15 is 0 Å². The largest absolute Gasteiger partial charge is 0.492 e. The van der Waals surface area contributed by atoms with Gasteiger partial charge in [-0.25, -0.2) is 0 Å². The van der Waals surface area contributed by atoms with Gasteiger partial charge in [-0.15, -0.1) is 0 Å². The van der Waals surface area contributed by atoms with Gasteiger partial charge in [0, 0.05) is 36.6 Å². The number of ether oxygens (including phenoxy) is 2. The van der Waals surface area contributed by atoms with Crippen molar-refractivity contribution >= 4 is 11.0 Å². The van der Waals surface area contributed by atoms with Crippen molar-refractivity contribution in [2.75, 3.05) is 13.2 Å². The summed E-state index contributed by atoms with van der Waals surface area (Å²) in [4.78, 5) is 13.1. The van der Waals surface area contributed by atoms with Gasteiger partial charge in [-0.1, -0.05) is 6.92 Å². The monoisotopic (exact) mass is 378 g/mol. The third-order valence-electron chi connectivity index (χ3n) is 4.78. The van der Waals surface area contributed by atoms with Gasteiger partial charge in [0.25, 0.3) is 0 Å². The first-order valence-electron chi connectivity index (χ1n) is 9.19. The molecule has 7 heteroatoms. The Kier molecular flexibility index (Phi) is 5.46. The molecular weight excluding hydrogens is 352 g/mol. The fraction of sp³-hybridized carbons (Fsp3) is 0.550. The first-order valence-corrected chi connectivity index (χ1v) is 9.19. The van der Waals surface area contributed by atoms with Crippen molar-refractivity contribution in [2.45, 2.75) is 58.3 Å². The molecule has 27 heavy (non-hydrogen) atoms. The van der Waals surface area contributed by atoms with Crippen LogP contribution < -0.4 is 14.9 Å². The summed E-state index contributed by atoms with van der Waals surface area (Å²) in [5.74, 6) is 1.02. The Morgan fingerprint density at radius 3 is 2.67 bits per heavy atom. The van der Waals surface area contributed by atoms with Gasteiger partial charge in [0.2, 0.25) is 0 Å². The molecule has 2 aromatic rings. The first kappa shape index (κ1) is 19.7. The molecule has 1 aliphatic heterocycles. The molecule has 0 aliphatic carbocycles. The maximum absolute atomic E-state index is 13.1. The molecule has 0 spiro atoms. The summed E-state index contributed by atoms with van der Waals surface area (Å²) < 4.78 is 17.6. The molecule has 3 rings (SSSR count). The first-order chi connectivity index (χ1) is 12.8. The highest BCUT2D eigenvalue weighted by Gasteiger charge is 2.38. The van der Waals surface area contributed by atoms with E-state index in [1.165, 1.54) is 0 Å². The second-order valence-corrected chi connectivity index (χ2v) is 7.33. The molecule has 0 saturated heterocycles. The number of aliphatic hydroxyl groups is 3. The molecule has 7 nitrogen and oxygen atoms in total. The maximum Gasteiger partial charge on any atom is 0.200 e. The molecule has 0 radical (unpaired) electrons. The lowest BCUT2D eigenvalue weighted by molar-refractivity contribution is -0.0229. The highest BCUT2D eigenvalue weighted by molar-refractivity contribution is 5.88. The van der Waals surface area contributed by atoms with E-state index in [-0.39, 0.29) is 40.7 Å². The van der Waals surface area contributed by atoms with Crippen LogP contribution in [0.2, 0.25) is 0 Å². The van der Waals surface area contributed by atoms with Crippen molar-refractivity contribution < 1.29 is 29.2 Å². The van der Waals surface area contributed by atoms with Crippen molar-refractivity contribution in [1.29, 1.82) is 0 Å². The van der Waals surface area contributed by atoms with Crippen LogP contribution in [0.5, 0.6) is 11.5 Å². The molecular formula is C20H26O7. The summed E-state index contributed by atoms with van der Waals surface area (Å²) in [5, 5.41) is 29.5. The zero-order valence-electron chi connectivity index (χ0n) is 15.9. The van der Waals surface area contributed by atoms with E-state index < -0.39 is 18.3 Å². The average molecular weight is 378 g/mol. The van der Waals surface area contributed by atoms with E-state index in [4.69, 9.17) is 13.9 Å². The quantitative estimate of drug-likeness (QED) is 0.672. The van der Waals surface area contributed by atoms with Gasteiger partial charge in [-0.2, -0.15) is 0 Å². The lowest BCUT2D eigenvalue weighted by Crippen LogP contribution is -2.39. The maximum atomic E-state index is 13.1. The minimum Gasteiger partial charge on any atom is -0.492 e. The van der Waals surface area contributed by atoms with Gasteiger partial charge in [0.05, 0.1) is 12.2 Å². The highest BCUT2D eigenvalue weighted by atomic mass is 16.5. The molecule has 1 atom stereocenters. The summed E-state index contributed by atoms with van der Waals surface area (Å²) in [6.45, 7) is 5.03. The molecule has 2 heterocycles. The lowest BCUT2D eigenvalue weighted by Gasteiger charge is -2.24. The number of fused-ring (bicyclic) bond motifs is 2. The Morgan fingerprint density at radius 1 is 1.33 bits per heavy atom. The van der Waals surface area contributed by atoms with Crippen LogP contribution in [0.3, 0.4) is 0 Å². The predicted octanol–water partition coefficient (Wildman–Crippen LogP) is 1.68. The van der Waals surface area contributed by atoms with Crippen molar-refractivity contribution in [3.8, 4) is 11.5 Å². The summed E-state index contributed by atoms with van der Waals surface area (Å²) in [6, 6.07) is 1.61. The summed E-state index contributed by atoms with van der Waals surface area (Å²) in [7, 11) is 0. The Labute approximate surface area is 157 Å². The predicted molar refractivity (Wildman–Crippen MR) is 99.4 cm³/mol. The van der Waals surface area contributed by atoms with Crippen LogP contribution in [0.25, 0.3) is 11.0 Å². The summed E-state index contributed by atoms with van der Waals surface area (Å²) in [6.07, 6.45) is 0.772. The second-order valence-electron chi connectivity index (χ2n) is 7.33. The minimum absolute atomic E-state index is 0.0846. The fourth-order valence-electron chi connectivity index (χ4n) is 3.35. The van der Waals surface area contributed by atoms with Crippen molar-refractivity contribution in [1.82, 2.24) is 0 Å². The van der Waals surface area contributed by atoms with E-state index in [1.54, 1.807) is 19.9 Å². The Bertz CT molecular complexity index is 892. The van der Waals surface area contributed by atoms with Gasteiger partial charge < -0.3 is 29.2 Å². The van der Waals surface area contributed by atoms with Gasteiger partial charge in [-0.3, -0.25) is 4.79 Å². The molecule has 1 aromatic heterocycles. The molecule has 0 saturated carbocycles. The van der Waals surface area contributed by atoms with E-state index in [0.29, 0.717) is 24.5 Å². The van der Waals surface area contributed by atoms with Gasteiger partial charge in [0.15, 0.2) is 5.43 Å². The average Bonchev–Trinajstić information content (AvgIpc) is 3.05. The van der Waals surface area contributed by atoms with Crippen LogP contribution in [0.1, 0.15) is 44.1 Å². The van der Waals surface area contributed by atoms with E-state index in [2.05, 4.69) is 0 Å². The molecule has 0 unspecified atom stereocenters. The van der Waals surface area contributed by atoms with Gasteiger partial charge in [0.1, 0.15) is 40.9 Å². The molecule has 148 valence electrons. The fourth-order valence-corrected chi connectivity index (χ4v) is 3.35. The van der Waals surface area contributed by atoms with Crippen molar-refractivity contribution in [2.24, 2.45) is 0 Å². The number of rotatable bonds is 7. The smallest absolute Gasteiger partial charge is 0.200 e. The molecule has 3 N–H and O–H groups in total. The molecule has 0 amide bonds. The molecule has 0 bridgehead atoms. The number of benzene rings is 1. The zero-order valence-corrected chi connectivity index (χ0v) is 15.9. The Hall–Kier alpha value is -2.09. The van der Waals surface area contributed by atoms with Crippen molar-refractivity contribution in [3.05, 3.63) is 33.2 Å². The third kappa shape index (κ3) is 3.54. The highest BCUT2D eigenvalue weighted by Crippen LogP contribution is 2.43. The van der Waals surface area contributed by atoms with Crippen LogP contribution in [-0.2, 0) is 19.4 Å². The van der Waals surface area contributed by atoms with Crippen LogP contribution in [0.4, 0.5) is 0 Å². The number of hydrogen-bond acceptors (Lipinski definition) is 7. The molecule has 1 aliphatic rings. The van der Waals surface area contributed by atoms with Crippen LogP contribution in [0.15, 0.2) is 15.3 Å². The normalized spacial score (nSPS) is 16.4. The van der Waals surface area contributed by atoms with Gasteiger partial charge >= 0.3 is 0 Å². The Balaban J connectivity index is 2.27. The Morgan fingerprint density at radius 2 is 2.07 bits per heavy atom. The zero-order chi connectivity index (χ0) is 19.8. The second kappa shape index (κ2) is 7.50. The van der Waals surface area contributed by atoms with Crippen LogP contribution >= 0.6 is 0 Å². The van der Waals surface area contributed by atoms with Gasteiger partial charge in [-0.05, 0) is 20.3 Å². The van der Waals surface area contributed by atoms with E-state index in [0.717, 1.165) is 12.0 Å². The number of hydrogen-bond donors (Lipinski definition) is 3. The number of aliphatic hydroxyl groups excluding tert-OH is 2. The lowest BCUT2D eigenvalue weighted by atomic mass is 9.95.